The molecule has 1 aliphatic carbocycles. The zero-order valence-corrected chi connectivity index (χ0v) is 17.9. The molecular formula is C23H34N2O4. The number of likely N-dealkylation sites (tertiary alicyclic amines) is 1. The molecule has 6 nitrogen and oxygen atoms in total. The van der Waals surface area contributed by atoms with Gasteiger partial charge in [0.1, 0.15) is 11.4 Å². The molecular weight excluding hydrogens is 368 g/mol. The van der Waals surface area contributed by atoms with Gasteiger partial charge in [-0.15, -0.1) is 0 Å². The van der Waals surface area contributed by atoms with Gasteiger partial charge in [0.2, 0.25) is 5.91 Å². The second-order valence-corrected chi connectivity index (χ2v) is 9.15. The van der Waals surface area contributed by atoms with Crippen LogP contribution in [-0.4, -0.2) is 41.7 Å². The number of hydrogen-bond acceptors (Lipinski definition) is 4. The molecule has 1 aliphatic heterocycles. The largest absolute Gasteiger partial charge is 0.490 e. The van der Waals surface area contributed by atoms with Crippen molar-refractivity contribution in [2.45, 2.75) is 77.5 Å². The lowest BCUT2D eigenvalue weighted by Gasteiger charge is -2.24. The highest BCUT2D eigenvalue weighted by Crippen LogP contribution is 2.24. The van der Waals surface area contributed by atoms with Crippen LogP contribution in [0, 0.1) is 5.92 Å². The van der Waals surface area contributed by atoms with Crippen molar-refractivity contribution in [2.24, 2.45) is 5.92 Å². The van der Waals surface area contributed by atoms with Crippen molar-refractivity contribution in [1.29, 1.82) is 0 Å². The number of amides is 2. The lowest BCUT2D eigenvalue weighted by atomic mass is 9.98. The standard InChI is InChI=1S/C23H34N2O4/c1-23(2,3)29-22(27)25-14-13-18(16-25)21(26)24-15-17-9-11-20(12-10-17)28-19-7-5-4-6-8-19/h9-12,18-19H,4-8,13-16H2,1-3H3,(H,24,26). The smallest absolute Gasteiger partial charge is 0.410 e. The van der Waals surface area contributed by atoms with Gasteiger partial charge in [0, 0.05) is 19.6 Å². The quantitative estimate of drug-likeness (QED) is 0.799. The van der Waals surface area contributed by atoms with Gasteiger partial charge in [-0.3, -0.25) is 4.79 Å². The summed E-state index contributed by atoms with van der Waals surface area (Å²) >= 11 is 0. The van der Waals surface area contributed by atoms with Crippen molar-refractivity contribution < 1.29 is 19.1 Å². The molecule has 29 heavy (non-hydrogen) atoms. The Morgan fingerprint density at radius 3 is 2.41 bits per heavy atom. The van der Waals surface area contributed by atoms with Crippen LogP contribution in [0.5, 0.6) is 5.75 Å². The van der Waals surface area contributed by atoms with Gasteiger partial charge in [0.25, 0.3) is 0 Å². The molecule has 1 saturated heterocycles. The van der Waals surface area contributed by atoms with E-state index >= 15 is 0 Å². The van der Waals surface area contributed by atoms with Gasteiger partial charge in [0.15, 0.2) is 0 Å². The number of hydrogen-bond donors (Lipinski definition) is 1. The van der Waals surface area contributed by atoms with Crippen LogP contribution in [0.2, 0.25) is 0 Å². The predicted molar refractivity (Wildman–Crippen MR) is 112 cm³/mol. The highest BCUT2D eigenvalue weighted by molar-refractivity contribution is 5.80. The maximum atomic E-state index is 12.5. The summed E-state index contributed by atoms with van der Waals surface area (Å²) in [5.74, 6) is 0.700. The molecule has 6 heteroatoms. The molecule has 0 bridgehead atoms. The van der Waals surface area contributed by atoms with Crippen molar-refractivity contribution >= 4 is 12.0 Å². The van der Waals surface area contributed by atoms with Gasteiger partial charge in [-0.05, 0) is 70.6 Å². The van der Waals surface area contributed by atoms with E-state index in [1.54, 1.807) is 4.90 Å². The molecule has 0 aromatic heterocycles. The summed E-state index contributed by atoms with van der Waals surface area (Å²) in [7, 11) is 0. The molecule has 0 spiro atoms. The predicted octanol–water partition coefficient (Wildman–Crippen LogP) is 4.27. The molecule has 160 valence electrons. The fourth-order valence-electron chi connectivity index (χ4n) is 3.86. The van der Waals surface area contributed by atoms with Gasteiger partial charge in [-0.25, -0.2) is 4.79 Å². The number of ether oxygens (including phenoxy) is 2. The number of carbonyl (C=O) groups excluding carboxylic acids is 2. The average molecular weight is 403 g/mol. The molecule has 2 fully saturated rings. The Kier molecular flexibility index (Phi) is 7.04. The minimum atomic E-state index is -0.524. The minimum absolute atomic E-state index is 0.0152. The van der Waals surface area contributed by atoms with Crippen molar-refractivity contribution in [3.8, 4) is 5.75 Å². The lowest BCUT2D eigenvalue weighted by Crippen LogP contribution is -2.37. The fourth-order valence-corrected chi connectivity index (χ4v) is 3.86. The van der Waals surface area contributed by atoms with Crippen molar-refractivity contribution in [1.82, 2.24) is 10.2 Å². The first-order valence-electron chi connectivity index (χ1n) is 10.8. The van der Waals surface area contributed by atoms with E-state index in [1.807, 2.05) is 45.0 Å². The molecule has 1 aromatic carbocycles. The number of benzene rings is 1. The van der Waals surface area contributed by atoms with Crippen LogP contribution >= 0.6 is 0 Å². The van der Waals surface area contributed by atoms with Gasteiger partial charge in [-0.1, -0.05) is 18.6 Å². The molecule has 0 radical (unpaired) electrons. The van der Waals surface area contributed by atoms with Crippen LogP contribution in [0.3, 0.4) is 0 Å². The third-order valence-corrected chi connectivity index (χ3v) is 5.46. The van der Waals surface area contributed by atoms with Crippen molar-refractivity contribution in [3.63, 3.8) is 0 Å². The van der Waals surface area contributed by atoms with Gasteiger partial charge in [-0.2, -0.15) is 0 Å². The first-order valence-corrected chi connectivity index (χ1v) is 10.8. The Morgan fingerprint density at radius 1 is 1.07 bits per heavy atom. The molecule has 1 atom stereocenters. The van der Waals surface area contributed by atoms with Crippen LogP contribution < -0.4 is 10.1 Å². The summed E-state index contributed by atoms with van der Waals surface area (Å²) in [5.41, 5.74) is 0.515. The van der Waals surface area contributed by atoms with E-state index in [-0.39, 0.29) is 17.9 Å². The molecule has 1 heterocycles. The third kappa shape index (κ3) is 6.65. The Balaban J connectivity index is 1.41. The Hall–Kier alpha value is -2.24. The fraction of sp³-hybridized carbons (Fsp3) is 0.652. The lowest BCUT2D eigenvalue weighted by molar-refractivity contribution is -0.124. The SMILES string of the molecule is CC(C)(C)OC(=O)N1CCC(C(=O)NCc2ccc(OC3CCCCC3)cc2)C1. The van der Waals surface area contributed by atoms with E-state index in [0.29, 0.717) is 32.2 Å². The Labute approximate surface area is 173 Å². The summed E-state index contributed by atoms with van der Waals surface area (Å²) < 4.78 is 11.4. The second kappa shape index (κ2) is 9.51. The Morgan fingerprint density at radius 2 is 1.76 bits per heavy atom. The summed E-state index contributed by atoms with van der Waals surface area (Å²) in [6.45, 7) is 6.98. The van der Waals surface area contributed by atoms with E-state index in [9.17, 15) is 9.59 Å². The number of nitrogens with one attached hydrogen (secondary N) is 1. The molecule has 1 saturated carbocycles. The monoisotopic (exact) mass is 402 g/mol. The number of nitrogens with zero attached hydrogens (tertiary/aromatic N) is 1. The van der Waals surface area contributed by atoms with Crippen LogP contribution in [0.15, 0.2) is 24.3 Å². The second-order valence-electron chi connectivity index (χ2n) is 9.15. The Bertz CT molecular complexity index is 690. The first kappa shape index (κ1) is 21.5. The summed E-state index contributed by atoms with van der Waals surface area (Å²) in [6, 6.07) is 7.96. The highest BCUT2D eigenvalue weighted by atomic mass is 16.6. The molecule has 1 N–H and O–H groups in total. The van der Waals surface area contributed by atoms with Gasteiger partial charge < -0.3 is 19.7 Å². The summed E-state index contributed by atoms with van der Waals surface area (Å²) in [6.07, 6.45) is 6.75. The van der Waals surface area contributed by atoms with Crippen LogP contribution in [0.25, 0.3) is 0 Å². The molecule has 3 rings (SSSR count). The highest BCUT2D eigenvalue weighted by Gasteiger charge is 2.33. The zero-order valence-electron chi connectivity index (χ0n) is 17.9. The van der Waals surface area contributed by atoms with Crippen LogP contribution in [0.1, 0.15) is 64.9 Å². The van der Waals surface area contributed by atoms with E-state index < -0.39 is 5.60 Å². The van der Waals surface area contributed by atoms with Crippen molar-refractivity contribution in [2.75, 3.05) is 13.1 Å². The van der Waals surface area contributed by atoms with Crippen molar-refractivity contribution in [3.05, 3.63) is 29.8 Å². The summed E-state index contributed by atoms with van der Waals surface area (Å²) in [5, 5.41) is 2.99. The molecule has 2 amide bonds. The first-order chi connectivity index (χ1) is 13.8. The summed E-state index contributed by atoms with van der Waals surface area (Å²) in [4.78, 5) is 26.2. The molecule has 2 aliphatic rings. The van der Waals surface area contributed by atoms with Gasteiger partial charge in [0.05, 0.1) is 12.0 Å². The van der Waals surface area contributed by atoms with Crippen LogP contribution in [-0.2, 0) is 16.1 Å². The van der Waals surface area contributed by atoms with E-state index in [2.05, 4.69) is 5.32 Å². The number of carbonyl (C=O) groups is 2. The third-order valence-electron chi connectivity index (χ3n) is 5.46. The van der Waals surface area contributed by atoms with E-state index in [4.69, 9.17) is 9.47 Å². The number of rotatable bonds is 5. The topological polar surface area (TPSA) is 67.9 Å². The van der Waals surface area contributed by atoms with Gasteiger partial charge >= 0.3 is 6.09 Å². The van der Waals surface area contributed by atoms with E-state index in [1.165, 1.54) is 19.3 Å². The molecule has 1 aromatic rings. The average Bonchev–Trinajstić information content (AvgIpc) is 3.17. The zero-order chi connectivity index (χ0) is 20.9. The maximum Gasteiger partial charge on any atom is 0.410 e. The maximum absolute atomic E-state index is 12.5. The van der Waals surface area contributed by atoms with E-state index in [0.717, 1.165) is 24.2 Å². The minimum Gasteiger partial charge on any atom is -0.490 e. The van der Waals surface area contributed by atoms with Crippen LogP contribution in [0.4, 0.5) is 4.79 Å². The molecule has 1 unspecified atom stereocenters. The normalized spacial score (nSPS) is 20.4.